The van der Waals surface area contributed by atoms with Gasteiger partial charge in [-0.25, -0.2) is 9.59 Å². The molecule has 0 N–H and O–H groups in total. The molecular formula is C47H62Cl2N6O7. The van der Waals surface area contributed by atoms with Crippen molar-refractivity contribution >= 4 is 52.9 Å². The predicted molar refractivity (Wildman–Crippen MR) is 239 cm³/mol. The summed E-state index contributed by atoms with van der Waals surface area (Å²) >= 11 is 13.8. The van der Waals surface area contributed by atoms with Crippen molar-refractivity contribution < 1.29 is 33.4 Å². The summed E-state index contributed by atoms with van der Waals surface area (Å²) in [6.07, 6.45) is 5.22. The van der Waals surface area contributed by atoms with Gasteiger partial charge in [0.05, 0.1) is 31.9 Å². The molecule has 4 saturated heterocycles. The minimum Gasteiger partial charge on any atom is -0.468 e. The van der Waals surface area contributed by atoms with E-state index in [0.717, 1.165) is 24.2 Å². The lowest BCUT2D eigenvalue weighted by Crippen LogP contribution is -2.56. The molecule has 2 amide bonds. The maximum Gasteiger partial charge on any atom is 0.410 e. The van der Waals surface area contributed by atoms with E-state index in [-0.39, 0.29) is 34.0 Å². The maximum absolute atomic E-state index is 14.3. The average molecular weight is 894 g/mol. The largest absolute Gasteiger partial charge is 0.468 e. The Balaban J connectivity index is 1.14. The van der Waals surface area contributed by atoms with Gasteiger partial charge in [-0.05, 0) is 95.2 Å². The molecule has 0 spiro atoms. The Labute approximate surface area is 376 Å². The zero-order valence-electron chi connectivity index (χ0n) is 37.0. The van der Waals surface area contributed by atoms with Crippen molar-refractivity contribution in [3.8, 4) is 0 Å². The first-order valence-electron chi connectivity index (χ1n) is 22.1. The molecule has 4 atom stereocenters. The SMILES string of the molecule is COC(=O)C1=C(CCc2ccccc2CN2CCN(C(=O)OC(C)(C)C)CC2)N=C(CC(=O)N2CCN(C3CC4CCC(C3)N4C)CC2)C(C(=O)OC)C1c1c(Cl)cccc1Cl. The first kappa shape index (κ1) is 46.0. The van der Waals surface area contributed by atoms with E-state index < -0.39 is 29.4 Å². The summed E-state index contributed by atoms with van der Waals surface area (Å²) < 4.78 is 16.4. The average Bonchev–Trinajstić information content (AvgIpc) is 3.43. The molecule has 2 bridgehead atoms. The molecular weight excluding hydrogens is 831 g/mol. The van der Waals surface area contributed by atoms with Crippen molar-refractivity contribution in [1.82, 2.24) is 24.5 Å². The van der Waals surface area contributed by atoms with E-state index in [4.69, 9.17) is 42.4 Å². The van der Waals surface area contributed by atoms with Crippen molar-refractivity contribution in [2.75, 3.05) is 73.6 Å². The molecule has 7 rings (SSSR count). The van der Waals surface area contributed by atoms with Crippen LogP contribution in [0.4, 0.5) is 4.79 Å². The van der Waals surface area contributed by atoms with Crippen LogP contribution in [0.15, 0.2) is 58.7 Å². The number of aliphatic imine (C=N–C) groups is 1. The molecule has 4 unspecified atom stereocenters. The lowest BCUT2D eigenvalue weighted by atomic mass is 9.73. The molecule has 0 aliphatic carbocycles. The minimum absolute atomic E-state index is 0.136. The molecule has 62 heavy (non-hydrogen) atoms. The normalized spacial score (nSPS) is 25.1. The highest BCUT2D eigenvalue weighted by atomic mass is 35.5. The highest BCUT2D eigenvalue weighted by Gasteiger charge is 2.47. The second-order valence-electron chi connectivity index (χ2n) is 18.4. The molecule has 336 valence electrons. The first-order valence-corrected chi connectivity index (χ1v) is 22.8. The molecule has 5 heterocycles. The number of ether oxygens (including phenoxy) is 3. The smallest absolute Gasteiger partial charge is 0.410 e. The number of hydrogen-bond acceptors (Lipinski definition) is 11. The van der Waals surface area contributed by atoms with Gasteiger partial charge in [0.2, 0.25) is 5.91 Å². The molecule has 15 heteroatoms. The molecule has 0 saturated carbocycles. The van der Waals surface area contributed by atoms with Gasteiger partial charge in [-0.15, -0.1) is 0 Å². The number of methoxy groups -OCH3 is 2. The quantitative estimate of drug-likeness (QED) is 0.180. The number of benzene rings is 2. The van der Waals surface area contributed by atoms with Crippen LogP contribution in [-0.4, -0.2) is 152 Å². The van der Waals surface area contributed by atoms with Gasteiger partial charge in [0, 0.05) is 98.7 Å². The van der Waals surface area contributed by atoms with Crippen LogP contribution in [0.5, 0.6) is 0 Å². The Morgan fingerprint density at radius 1 is 0.758 bits per heavy atom. The van der Waals surface area contributed by atoms with Crippen molar-refractivity contribution in [1.29, 1.82) is 0 Å². The van der Waals surface area contributed by atoms with Gasteiger partial charge in [-0.1, -0.05) is 53.5 Å². The number of rotatable bonds is 11. The molecule has 0 radical (unpaired) electrons. The van der Waals surface area contributed by atoms with Gasteiger partial charge < -0.3 is 28.9 Å². The number of amides is 2. The van der Waals surface area contributed by atoms with E-state index in [9.17, 15) is 19.2 Å². The summed E-state index contributed by atoms with van der Waals surface area (Å²) in [7, 11) is 4.83. The number of aryl methyl sites for hydroxylation is 1. The Hall–Kier alpha value is -4.01. The highest BCUT2D eigenvalue weighted by molar-refractivity contribution is 6.36. The van der Waals surface area contributed by atoms with Crippen molar-refractivity contribution in [2.24, 2.45) is 10.9 Å². The number of piperidine rings is 1. The molecule has 2 aromatic rings. The highest BCUT2D eigenvalue weighted by Crippen LogP contribution is 2.47. The van der Waals surface area contributed by atoms with E-state index in [1.54, 1.807) is 23.1 Å². The summed E-state index contributed by atoms with van der Waals surface area (Å²) in [6.45, 7) is 11.5. The number of esters is 2. The Bertz CT molecular complexity index is 2020. The van der Waals surface area contributed by atoms with Crippen molar-refractivity contribution in [2.45, 2.75) is 102 Å². The van der Waals surface area contributed by atoms with Gasteiger partial charge in [-0.3, -0.25) is 24.4 Å². The number of allylic oxidation sites excluding steroid dienone is 1. The third kappa shape index (κ3) is 10.3. The zero-order chi connectivity index (χ0) is 44.3. The Kier molecular flexibility index (Phi) is 14.7. The number of fused-ring (bicyclic) bond motifs is 2. The van der Waals surface area contributed by atoms with Crippen LogP contribution in [0.25, 0.3) is 0 Å². The summed E-state index contributed by atoms with van der Waals surface area (Å²) in [4.78, 5) is 71.2. The minimum atomic E-state index is -1.16. The van der Waals surface area contributed by atoms with Crippen LogP contribution in [0.1, 0.15) is 81.9 Å². The monoisotopic (exact) mass is 892 g/mol. The van der Waals surface area contributed by atoms with Crippen LogP contribution in [0.3, 0.4) is 0 Å². The van der Waals surface area contributed by atoms with E-state index in [2.05, 4.69) is 33.9 Å². The van der Waals surface area contributed by atoms with E-state index in [0.29, 0.717) is 93.8 Å². The van der Waals surface area contributed by atoms with Crippen LogP contribution < -0.4 is 0 Å². The first-order chi connectivity index (χ1) is 29.6. The second kappa shape index (κ2) is 19.8. The molecule has 0 aromatic heterocycles. The van der Waals surface area contributed by atoms with Crippen LogP contribution in [-0.2, 0) is 41.6 Å². The van der Waals surface area contributed by atoms with Crippen molar-refractivity contribution in [3.05, 3.63) is 80.5 Å². The summed E-state index contributed by atoms with van der Waals surface area (Å²) in [5.74, 6) is -3.65. The van der Waals surface area contributed by atoms with E-state index in [1.165, 1.54) is 39.9 Å². The van der Waals surface area contributed by atoms with Gasteiger partial charge in [0.15, 0.2) is 0 Å². The maximum atomic E-state index is 14.3. The van der Waals surface area contributed by atoms with Gasteiger partial charge in [0.1, 0.15) is 11.5 Å². The van der Waals surface area contributed by atoms with Gasteiger partial charge >= 0.3 is 18.0 Å². The fourth-order valence-electron chi connectivity index (χ4n) is 10.2. The molecule has 5 aliphatic heterocycles. The third-order valence-corrected chi connectivity index (χ3v) is 14.2. The van der Waals surface area contributed by atoms with Gasteiger partial charge in [-0.2, -0.15) is 0 Å². The lowest BCUT2D eigenvalue weighted by molar-refractivity contribution is -0.143. The Morgan fingerprint density at radius 2 is 1.37 bits per heavy atom. The zero-order valence-corrected chi connectivity index (χ0v) is 38.6. The molecule has 13 nitrogen and oxygen atoms in total. The summed E-state index contributed by atoms with van der Waals surface area (Å²) in [5, 5.41) is 0.528. The Morgan fingerprint density at radius 3 is 1.97 bits per heavy atom. The van der Waals surface area contributed by atoms with Gasteiger partial charge in [0.25, 0.3) is 0 Å². The topological polar surface area (TPSA) is 125 Å². The summed E-state index contributed by atoms with van der Waals surface area (Å²) in [6, 6.07) is 15.0. The fourth-order valence-corrected chi connectivity index (χ4v) is 10.8. The third-order valence-electron chi connectivity index (χ3n) is 13.5. The number of piperazine rings is 2. The molecule has 5 aliphatic rings. The van der Waals surface area contributed by atoms with E-state index >= 15 is 0 Å². The number of hydrogen-bond donors (Lipinski definition) is 0. The second-order valence-corrected chi connectivity index (χ2v) is 19.2. The molecule has 4 fully saturated rings. The number of carbonyl (C=O) groups excluding carboxylic acids is 4. The number of carbonyl (C=O) groups is 4. The van der Waals surface area contributed by atoms with E-state index in [1.807, 2.05) is 37.8 Å². The number of halogens is 2. The number of nitrogens with zero attached hydrogens (tertiary/aromatic N) is 6. The van der Waals surface area contributed by atoms with Crippen molar-refractivity contribution in [3.63, 3.8) is 0 Å². The lowest BCUT2D eigenvalue weighted by Gasteiger charge is -2.45. The molecule has 2 aromatic carbocycles. The summed E-state index contributed by atoms with van der Waals surface area (Å²) in [5.41, 5.74) is 2.85. The fraction of sp³-hybridized carbons (Fsp3) is 0.596. The van der Waals surface area contributed by atoms with Crippen LogP contribution >= 0.6 is 23.2 Å². The predicted octanol–water partition coefficient (Wildman–Crippen LogP) is 6.59. The van der Waals surface area contributed by atoms with Crippen LogP contribution in [0.2, 0.25) is 10.0 Å². The standard InChI is InChI=1S/C47H62Cl2N6O7/c1-47(2,3)62-46(59)55-20-18-52(19-21-55)29-31-11-8-7-10-30(31)14-17-37-41(44(57)60-5)43(40-35(48)12-9-13-36(40)49)42(45(58)61-6)38(50-37)28-39(56)54-24-22-53(23-25-54)34-26-32-15-16-33(27-34)51(32)4/h7-13,32-34,42-43H,14-29H2,1-6H3. The van der Waals surface area contributed by atoms with Crippen LogP contribution in [0, 0.1) is 5.92 Å².